The molecule has 1 amide bonds. The Labute approximate surface area is 183 Å². The lowest BCUT2D eigenvalue weighted by Crippen LogP contribution is -2.30. The van der Waals surface area contributed by atoms with Crippen LogP contribution < -0.4 is 9.64 Å². The summed E-state index contributed by atoms with van der Waals surface area (Å²) in [5, 5.41) is 11.1. The molecule has 1 N–H and O–H groups in total. The van der Waals surface area contributed by atoms with E-state index in [-0.39, 0.29) is 11.3 Å². The normalized spacial score (nSPS) is 17.8. The van der Waals surface area contributed by atoms with Gasteiger partial charge in [0.25, 0.3) is 11.7 Å². The quantitative estimate of drug-likeness (QED) is 0.389. The molecule has 2 aromatic rings. The molecule has 1 heterocycles. The predicted molar refractivity (Wildman–Crippen MR) is 122 cm³/mol. The molecule has 1 unspecified atom stereocenters. The Morgan fingerprint density at radius 3 is 2.26 bits per heavy atom. The van der Waals surface area contributed by atoms with Crippen LogP contribution in [0.4, 0.5) is 5.69 Å². The van der Waals surface area contributed by atoms with E-state index in [9.17, 15) is 14.7 Å². The third-order valence-corrected chi connectivity index (χ3v) is 5.70. The predicted octanol–water partition coefficient (Wildman–Crippen LogP) is 4.37. The van der Waals surface area contributed by atoms with Crippen LogP contribution in [0.5, 0.6) is 5.75 Å². The maximum absolute atomic E-state index is 13.0. The summed E-state index contributed by atoms with van der Waals surface area (Å²) in [4.78, 5) is 29.6. The van der Waals surface area contributed by atoms with Crippen molar-refractivity contribution >= 4 is 23.1 Å². The van der Waals surface area contributed by atoms with Crippen LogP contribution >= 0.6 is 0 Å². The smallest absolute Gasteiger partial charge is 0.295 e. The number of nitrogens with zero attached hydrogens (tertiary/aromatic N) is 2. The highest BCUT2D eigenvalue weighted by Gasteiger charge is 2.45. The Morgan fingerprint density at radius 2 is 1.68 bits per heavy atom. The molecule has 0 spiro atoms. The van der Waals surface area contributed by atoms with Crippen molar-refractivity contribution in [3.8, 4) is 5.75 Å². The van der Waals surface area contributed by atoms with Gasteiger partial charge in [-0.1, -0.05) is 31.2 Å². The van der Waals surface area contributed by atoms with E-state index >= 15 is 0 Å². The molecule has 1 aliphatic rings. The zero-order valence-electron chi connectivity index (χ0n) is 18.6. The summed E-state index contributed by atoms with van der Waals surface area (Å²) >= 11 is 0. The fraction of sp³-hybridized carbons (Fsp3) is 0.360. The van der Waals surface area contributed by atoms with Crippen LogP contribution in [-0.2, 0) is 9.59 Å². The van der Waals surface area contributed by atoms with Crippen LogP contribution in [0.1, 0.15) is 44.4 Å². The maximum atomic E-state index is 13.0. The van der Waals surface area contributed by atoms with Gasteiger partial charge in [0.1, 0.15) is 11.5 Å². The van der Waals surface area contributed by atoms with E-state index in [1.165, 1.54) is 7.11 Å². The summed E-state index contributed by atoms with van der Waals surface area (Å²) < 4.78 is 5.36. The van der Waals surface area contributed by atoms with Gasteiger partial charge in [-0.25, -0.2) is 0 Å². The molecule has 1 fully saturated rings. The topological polar surface area (TPSA) is 70.1 Å². The molecule has 1 aliphatic heterocycles. The number of methoxy groups -OCH3 is 1. The Kier molecular flexibility index (Phi) is 7.00. The Morgan fingerprint density at radius 1 is 1.03 bits per heavy atom. The molecule has 6 heteroatoms. The van der Waals surface area contributed by atoms with Crippen LogP contribution in [0.25, 0.3) is 5.76 Å². The number of aliphatic hydroxyl groups is 1. The first-order valence-electron chi connectivity index (χ1n) is 10.7. The molecular weight excluding hydrogens is 392 g/mol. The number of para-hydroxylation sites is 1. The van der Waals surface area contributed by atoms with E-state index in [0.717, 1.165) is 24.3 Å². The molecular formula is C25H30N2O4. The first kappa shape index (κ1) is 22.4. The molecule has 0 aromatic heterocycles. The van der Waals surface area contributed by atoms with Crippen molar-refractivity contribution in [2.45, 2.75) is 33.2 Å². The van der Waals surface area contributed by atoms with Gasteiger partial charge in [0.2, 0.25) is 0 Å². The van der Waals surface area contributed by atoms with E-state index in [4.69, 9.17) is 4.74 Å². The van der Waals surface area contributed by atoms with Crippen LogP contribution in [0.2, 0.25) is 0 Å². The van der Waals surface area contributed by atoms with Crippen LogP contribution in [0.15, 0.2) is 54.1 Å². The van der Waals surface area contributed by atoms with E-state index in [1.807, 2.05) is 31.2 Å². The summed E-state index contributed by atoms with van der Waals surface area (Å²) in [5.74, 6) is -1.03. The number of rotatable bonds is 8. The summed E-state index contributed by atoms with van der Waals surface area (Å²) in [6, 6.07) is 14.2. The third kappa shape index (κ3) is 4.15. The minimum absolute atomic E-state index is 0.0959. The lowest BCUT2D eigenvalue weighted by atomic mass is 9.94. The van der Waals surface area contributed by atoms with Crippen LogP contribution in [0, 0.1) is 0 Å². The number of hydrogen-bond acceptors (Lipinski definition) is 5. The largest absolute Gasteiger partial charge is 0.507 e. The van der Waals surface area contributed by atoms with Gasteiger partial charge < -0.3 is 19.6 Å². The summed E-state index contributed by atoms with van der Waals surface area (Å²) in [6.07, 6.45) is 0.704. The fourth-order valence-electron chi connectivity index (χ4n) is 4.14. The monoisotopic (exact) mass is 422 g/mol. The summed E-state index contributed by atoms with van der Waals surface area (Å²) in [5.41, 5.74) is 2.36. The Bertz CT molecular complexity index is 977. The van der Waals surface area contributed by atoms with Gasteiger partial charge in [-0.3, -0.25) is 9.59 Å². The third-order valence-electron chi connectivity index (χ3n) is 5.70. The van der Waals surface area contributed by atoms with E-state index < -0.39 is 17.7 Å². The van der Waals surface area contributed by atoms with E-state index in [2.05, 4.69) is 18.7 Å². The maximum Gasteiger partial charge on any atom is 0.295 e. The number of Topliss-reactive ketones (excluding diaryl/α,β-unsaturated/α-hetero) is 1. The molecule has 0 radical (unpaired) electrons. The standard InChI is InChI=1S/C25H30N2O4/c1-5-16-27-22(17-12-14-18(15-13-17)26(6-2)7-3)21(24(29)25(27)30)23(28)19-10-8-9-11-20(19)31-4/h8-15,22,28H,5-7,16H2,1-4H3/b23-21-. The summed E-state index contributed by atoms with van der Waals surface area (Å²) in [6.45, 7) is 8.35. The SMILES string of the molecule is CCCN1C(=O)C(=O)/C(=C(\O)c2ccccc2OC)C1c1ccc(N(CC)CC)cc1. The van der Waals surface area contributed by atoms with Crippen molar-refractivity contribution in [3.63, 3.8) is 0 Å². The number of hydrogen-bond donors (Lipinski definition) is 1. The molecule has 31 heavy (non-hydrogen) atoms. The zero-order valence-corrected chi connectivity index (χ0v) is 18.6. The zero-order chi connectivity index (χ0) is 22.5. The fourth-order valence-corrected chi connectivity index (χ4v) is 4.14. The number of carbonyl (C=O) groups excluding carboxylic acids is 2. The van der Waals surface area contributed by atoms with Gasteiger partial charge >= 0.3 is 0 Å². The number of ketones is 1. The van der Waals surface area contributed by atoms with Gasteiger partial charge in [-0.15, -0.1) is 0 Å². The average molecular weight is 423 g/mol. The second kappa shape index (κ2) is 9.69. The number of carbonyl (C=O) groups is 2. The van der Waals surface area contributed by atoms with Crippen LogP contribution in [0.3, 0.4) is 0 Å². The van der Waals surface area contributed by atoms with E-state index in [1.54, 1.807) is 29.2 Å². The highest BCUT2D eigenvalue weighted by Crippen LogP contribution is 2.41. The van der Waals surface area contributed by atoms with Crippen LogP contribution in [-0.4, -0.2) is 48.4 Å². The second-order valence-electron chi connectivity index (χ2n) is 7.46. The molecule has 1 atom stereocenters. The molecule has 0 bridgehead atoms. The lowest BCUT2D eigenvalue weighted by Gasteiger charge is -2.26. The Hall–Kier alpha value is -3.28. The number of amides is 1. The second-order valence-corrected chi connectivity index (χ2v) is 7.46. The number of anilines is 1. The molecule has 0 saturated carbocycles. The van der Waals surface area contributed by atoms with Crippen molar-refractivity contribution in [3.05, 3.63) is 65.2 Å². The van der Waals surface area contributed by atoms with Gasteiger partial charge in [-0.05, 0) is 50.1 Å². The van der Waals surface area contributed by atoms with Gasteiger partial charge in [0.15, 0.2) is 0 Å². The number of likely N-dealkylation sites (tertiary alicyclic amines) is 1. The van der Waals surface area contributed by atoms with Gasteiger partial charge in [0, 0.05) is 25.3 Å². The highest BCUT2D eigenvalue weighted by molar-refractivity contribution is 6.46. The number of benzene rings is 2. The molecule has 3 rings (SSSR count). The summed E-state index contributed by atoms with van der Waals surface area (Å²) in [7, 11) is 1.51. The first-order chi connectivity index (χ1) is 15.0. The van der Waals surface area contributed by atoms with Crippen molar-refractivity contribution in [1.82, 2.24) is 4.90 Å². The molecule has 1 saturated heterocycles. The minimum Gasteiger partial charge on any atom is -0.507 e. The van der Waals surface area contributed by atoms with Gasteiger partial charge in [-0.2, -0.15) is 0 Å². The van der Waals surface area contributed by atoms with Crippen molar-refractivity contribution in [2.24, 2.45) is 0 Å². The van der Waals surface area contributed by atoms with Crippen molar-refractivity contribution in [2.75, 3.05) is 31.6 Å². The van der Waals surface area contributed by atoms with E-state index in [0.29, 0.717) is 24.3 Å². The average Bonchev–Trinajstić information content (AvgIpc) is 3.05. The highest BCUT2D eigenvalue weighted by atomic mass is 16.5. The molecule has 6 nitrogen and oxygen atoms in total. The number of aliphatic hydroxyl groups excluding tert-OH is 1. The Balaban J connectivity index is 2.15. The van der Waals surface area contributed by atoms with Crippen molar-refractivity contribution in [1.29, 1.82) is 0 Å². The molecule has 0 aliphatic carbocycles. The van der Waals surface area contributed by atoms with Crippen molar-refractivity contribution < 1.29 is 19.4 Å². The minimum atomic E-state index is -0.672. The lowest BCUT2D eigenvalue weighted by molar-refractivity contribution is -0.139. The molecule has 2 aromatic carbocycles. The van der Waals surface area contributed by atoms with Gasteiger partial charge in [0.05, 0.1) is 24.3 Å². The molecule has 164 valence electrons. The number of ether oxygens (including phenoxy) is 1. The first-order valence-corrected chi connectivity index (χ1v) is 10.7.